The van der Waals surface area contributed by atoms with Gasteiger partial charge in [-0.1, -0.05) is 54.6 Å². The molecule has 0 radical (unpaired) electrons. The van der Waals surface area contributed by atoms with E-state index in [4.69, 9.17) is 0 Å². The number of rotatable bonds is 3. The van der Waals surface area contributed by atoms with Crippen molar-refractivity contribution in [2.24, 2.45) is 0 Å². The van der Waals surface area contributed by atoms with Crippen molar-refractivity contribution < 1.29 is 9.53 Å². The predicted octanol–water partition coefficient (Wildman–Crippen LogP) is 3.21. The zero-order valence-corrected chi connectivity index (χ0v) is 10.2. The molecule has 0 saturated carbocycles. The van der Waals surface area contributed by atoms with Crippen molar-refractivity contribution in [1.29, 1.82) is 0 Å². The normalized spacial score (nSPS) is 9.83. The summed E-state index contributed by atoms with van der Waals surface area (Å²) in [7, 11) is 1.36. The third-order valence-electron chi connectivity index (χ3n) is 2.71. The minimum absolute atomic E-state index is 0.419. The van der Waals surface area contributed by atoms with Crippen molar-refractivity contribution in [3.63, 3.8) is 0 Å². The Kier molecular flexibility index (Phi) is 3.97. The molecule has 0 saturated heterocycles. The quantitative estimate of drug-likeness (QED) is 0.896. The summed E-state index contributed by atoms with van der Waals surface area (Å²) in [4.78, 5) is 11.1. The van der Waals surface area contributed by atoms with Crippen LogP contribution in [-0.2, 0) is 11.3 Å². The zero-order chi connectivity index (χ0) is 12.8. The Labute approximate surface area is 106 Å². The molecule has 1 amide bonds. The first kappa shape index (κ1) is 12.2. The molecule has 0 unspecified atom stereocenters. The second-order valence-electron chi connectivity index (χ2n) is 3.87. The fraction of sp³-hybridized carbons (Fsp3) is 0.133. The minimum atomic E-state index is -0.419. The predicted molar refractivity (Wildman–Crippen MR) is 71.1 cm³/mol. The van der Waals surface area contributed by atoms with Crippen molar-refractivity contribution >= 4 is 6.09 Å². The number of benzene rings is 2. The number of hydrogen-bond donors (Lipinski definition) is 1. The summed E-state index contributed by atoms with van der Waals surface area (Å²) in [5.41, 5.74) is 3.32. The fourth-order valence-corrected chi connectivity index (χ4v) is 1.81. The standard InChI is InChI=1S/C15H15NO2/c1-18-15(17)16-11-13-9-5-6-10-14(13)12-7-3-2-4-8-12/h2-10H,11H2,1H3,(H,16,17). The topological polar surface area (TPSA) is 38.3 Å². The lowest BCUT2D eigenvalue weighted by Crippen LogP contribution is -2.22. The molecule has 0 fully saturated rings. The SMILES string of the molecule is COC(=O)NCc1ccccc1-c1ccccc1. The van der Waals surface area contributed by atoms with Gasteiger partial charge in [-0.25, -0.2) is 4.79 Å². The van der Waals surface area contributed by atoms with Gasteiger partial charge in [0.25, 0.3) is 0 Å². The molecule has 92 valence electrons. The van der Waals surface area contributed by atoms with E-state index in [1.807, 2.05) is 42.5 Å². The third-order valence-corrected chi connectivity index (χ3v) is 2.71. The molecular formula is C15H15NO2. The lowest BCUT2D eigenvalue weighted by Gasteiger charge is -2.10. The van der Waals surface area contributed by atoms with Gasteiger partial charge in [0.1, 0.15) is 0 Å². The van der Waals surface area contributed by atoms with E-state index in [0.717, 1.165) is 16.7 Å². The van der Waals surface area contributed by atoms with E-state index in [1.165, 1.54) is 7.11 Å². The summed E-state index contributed by atoms with van der Waals surface area (Å²) in [5, 5.41) is 2.70. The molecule has 2 aromatic rings. The van der Waals surface area contributed by atoms with E-state index in [2.05, 4.69) is 22.2 Å². The number of methoxy groups -OCH3 is 1. The van der Waals surface area contributed by atoms with Crippen LogP contribution in [0.3, 0.4) is 0 Å². The highest BCUT2D eigenvalue weighted by Crippen LogP contribution is 2.23. The van der Waals surface area contributed by atoms with Crippen molar-refractivity contribution in [2.75, 3.05) is 7.11 Å². The summed E-state index contributed by atoms with van der Waals surface area (Å²) in [6, 6.07) is 18.1. The van der Waals surface area contributed by atoms with Crippen LogP contribution in [0.15, 0.2) is 54.6 Å². The number of amides is 1. The van der Waals surface area contributed by atoms with Crippen molar-refractivity contribution in [3.8, 4) is 11.1 Å². The first-order valence-corrected chi connectivity index (χ1v) is 5.76. The highest BCUT2D eigenvalue weighted by molar-refractivity contribution is 5.70. The zero-order valence-electron chi connectivity index (χ0n) is 10.2. The molecule has 3 heteroatoms. The maximum Gasteiger partial charge on any atom is 0.407 e. The van der Waals surface area contributed by atoms with Gasteiger partial charge in [0.05, 0.1) is 7.11 Å². The van der Waals surface area contributed by atoms with E-state index in [1.54, 1.807) is 0 Å². The summed E-state index contributed by atoms with van der Waals surface area (Å²) in [6.07, 6.45) is -0.419. The lowest BCUT2D eigenvalue weighted by molar-refractivity contribution is 0.170. The summed E-state index contributed by atoms with van der Waals surface area (Å²) in [5.74, 6) is 0. The molecule has 3 nitrogen and oxygen atoms in total. The minimum Gasteiger partial charge on any atom is -0.453 e. The van der Waals surface area contributed by atoms with E-state index < -0.39 is 6.09 Å². The van der Waals surface area contributed by atoms with Gasteiger partial charge in [-0.15, -0.1) is 0 Å². The van der Waals surface area contributed by atoms with Gasteiger partial charge in [-0.05, 0) is 16.7 Å². The average molecular weight is 241 g/mol. The second kappa shape index (κ2) is 5.87. The number of alkyl carbamates (subject to hydrolysis) is 1. The number of hydrogen-bond acceptors (Lipinski definition) is 2. The Balaban J connectivity index is 2.24. The third kappa shape index (κ3) is 2.88. The molecule has 0 aromatic heterocycles. The van der Waals surface area contributed by atoms with E-state index >= 15 is 0 Å². The van der Waals surface area contributed by atoms with Gasteiger partial charge in [-0.2, -0.15) is 0 Å². The summed E-state index contributed by atoms with van der Waals surface area (Å²) >= 11 is 0. The van der Waals surface area contributed by atoms with E-state index in [0.29, 0.717) is 6.54 Å². The average Bonchev–Trinajstić information content (AvgIpc) is 2.46. The van der Waals surface area contributed by atoms with Crippen LogP contribution in [0.5, 0.6) is 0 Å². The van der Waals surface area contributed by atoms with Gasteiger partial charge in [0.15, 0.2) is 0 Å². The summed E-state index contributed by atoms with van der Waals surface area (Å²) < 4.78 is 4.57. The summed E-state index contributed by atoms with van der Waals surface area (Å²) in [6.45, 7) is 0.456. The van der Waals surface area contributed by atoms with Gasteiger partial charge >= 0.3 is 6.09 Å². The Hall–Kier alpha value is -2.29. The van der Waals surface area contributed by atoms with Gasteiger partial charge in [-0.3, -0.25) is 0 Å². The lowest BCUT2D eigenvalue weighted by atomic mass is 10.00. The molecular weight excluding hydrogens is 226 g/mol. The smallest absolute Gasteiger partial charge is 0.407 e. The van der Waals surface area contributed by atoms with Gasteiger partial charge in [0, 0.05) is 6.54 Å². The number of ether oxygens (including phenoxy) is 1. The first-order valence-electron chi connectivity index (χ1n) is 5.76. The molecule has 1 N–H and O–H groups in total. The van der Waals surface area contributed by atoms with Crippen molar-refractivity contribution in [3.05, 3.63) is 60.2 Å². The fourth-order valence-electron chi connectivity index (χ4n) is 1.81. The van der Waals surface area contributed by atoms with Crippen molar-refractivity contribution in [1.82, 2.24) is 5.32 Å². The highest BCUT2D eigenvalue weighted by atomic mass is 16.5. The molecule has 0 aliphatic carbocycles. The van der Waals surface area contributed by atoms with Crippen LogP contribution in [0.25, 0.3) is 11.1 Å². The number of carbonyl (C=O) groups excluding carboxylic acids is 1. The maximum atomic E-state index is 11.1. The Morgan fingerprint density at radius 2 is 1.72 bits per heavy atom. The van der Waals surface area contributed by atoms with Gasteiger partial charge < -0.3 is 10.1 Å². The molecule has 2 rings (SSSR count). The van der Waals surface area contributed by atoms with Crippen LogP contribution in [0.1, 0.15) is 5.56 Å². The maximum absolute atomic E-state index is 11.1. The van der Waals surface area contributed by atoms with Crippen LogP contribution in [-0.4, -0.2) is 13.2 Å². The molecule has 0 heterocycles. The van der Waals surface area contributed by atoms with Gasteiger partial charge in [0.2, 0.25) is 0 Å². The second-order valence-corrected chi connectivity index (χ2v) is 3.87. The van der Waals surface area contributed by atoms with Crippen LogP contribution in [0.2, 0.25) is 0 Å². The van der Waals surface area contributed by atoms with E-state index in [-0.39, 0.29) is 0 Å². The molecule has 0 bridgehead atoms. The van der Waals surface area contributed by atoms with Crippen LogP contribution in [0, 0.1) is 0 Å². The Morgan fingerprint density at radius 3 is 2.44 bits per heavy atom. The first-order chi connectivity index (χ1) is 8.81. The largest absolute Gasteiger partial charge is 0.453 e. The molecule has 0 aliphatic rings. The number of carbonyl (C=O) groups is 1. The molecule has 18 heavy (non-hydrogen) atoms. The number of nitrogens with one attached hydrogen (secondary N) is 1. The molecule has 0 atom stereocenters. The van der Waals surface area contributed by atoms with Crippen molar-refractivity contribution in [2.45, 2.75) is 6.54 Å². The van der Waals surface area contributed by atoms with E-state index in [9.17, 15) is 4.79 Å². The Bertz CT molecular complexity index is 523. The molecule has 0 spiro atoms. The Morgan fingerprint density at radius 1 is 1.06 bits per heavy atom. The monoisotopic (exact) mass is 241 g/mol. The molecule has 2 aromatic carbocycles. The molecule has 0 aliphatic heterocycles. The van der Waals surface area contributed by atoms with Crippen LogP contribution < -0.4 is 5.32 Å². The van der Waals surface area contributed by atoms with Crippen LogP contribution >= 0.6 is 0 Å². The highest BCUT2D eigenvalue weighted by Gasteiger charge is 2.05. The van der Waals surface area contributed by atoms with Crippen LogP contribution in [0.4, 0.5) is 4.79 Å².